The van der Waals surface area contributed by atoms with Gasteiger partial charge in [0.05, 0.1) is 18.4 Å². The van der Waals surface area contributed by atoms with Crippen LogP contribution in [-0.4, -0.2) is 45.6 Å². The van der Waals surface area contributed by atoms with Crippen LogP contribution in [0.1, 0.15) is 32.1 Å². The molecule has 2 aromatic heterocycles. The van der Waals surface area contributed by atoms with Gasteiger partial charge in [0, 0.05) is 6.54 Å². The first-order valence-corrected chi connectivity index (χ1v) is 7.83. The topological polar surface area (TPSA) is 138 Å². The third-order valence-electron chi connectivity index (χ3n) is 2.55. The summed E-state index contributed by atoms with van der Waals surface area (Å²) >= 11 is 0. The Kier molecular flexibility index (Phi) is 4.75. The molecule has 0 saturated carbocycles. The lowest BCUT2D eigenvalue weighted by atomic mass is 10.4. The predicted octanol–water partition coefficient (Wildman–Crippen LogP) is -0.149. The van der Waals surface area contributed by atoms with Gasteiger partial charge in [0.15, 0.2) is 5.82 Å². The molecule has 0 aliphatic rings. The van der Waals surface area contributed by atoms with Crippen LogP contribution in [-0.2, 0) is 10.0 Å². The number of H-pyrrole nitrogens is 1. The Bertz CT molecular complexity index is 655. The number of tetrazole rings is 1. The summed E-state index contributed by atoms with van der Waals surface area (Å²) in [7, 11) is -3.75. The molecule has 114 valence electrons. The fraction of sp³-hybridized carbons (Fsp3) is 0.500. The number of nitrogens with one attached hydrogen (secondary N) is 3. The highest BCUT2D eigenvalue weighted by Crippen LogP contribution is 2.12. The minimum Gasteiger partial charge on any atom is -0.354 e. The predicted molar refractivity (Wildman–Crippen MR) is 73.7 cm³/mol. The molecule has 11 heteroatoms. The summed E-state index contributed by atoms with van der Waals surface area (Å²) in [5.41, 5.74) is 0. The molecule has 1 unspecified atom stereocenters. The molecule has 0 bridgehead atoms. The molecule has 1 atom stereocenters. The number of hydrogen-bond donors (Lipinski definition) is 3. The summed E-state index contributed by atoms with van der Waals surface area (Å²) in [4.78, 5) is 7.89. The molecule has 0 aromatic carbocycles. The third-order valence-corrected chi connectivity index (χ3v) is 4.05. The van der Waals surface area contributed by atoms with E-state index < -0.39 is 16.1 Å². The smallest absolute Gasteiger partial charge is 0.244 e. The zero-order chi connectivity index (χ0) is 15.3. The Hall–Kier alpha value is -2.14. The van der Waals surface area contributed by atoms with E-state index in [2.05, 4.69) is 40.6 Å². The Morgan fingerprint density at radius 3 is 2.62 bits per heavy atom. The van der Waals surface area contributed by atoms with Crippen molar-refractivity contribution >= 4 is 16.0 Å². The van der Waals surface area contributed by atoms with Crippen molar-refractivity contribution < 1.29 is 8.42 Å². The van der Waals surface area contributed by atoms with E-state index in [0.29, 0.717) is 5.95 Å². The molecule has 2 rings (SSSR count). The van der Waals surface area contributed by atoms with Crippen molar-refractivity contribution in [3.8, 4) is 0 Å². The SMILES string of the molecule is CCCNc1ncc(S(=O)(=O)NC(C)c2nn[nH]n2)cn1. The minimum atomic E-state index is -3.75. The summed E-state index contributed by atoms with van der Waals surface area (Å²) in [6.45, 7) is 4.34. The maximum Gasteiger partial charge on any atom is 0.244 e. The number of nitrogens with zero attached hydrogens (tertiary/aromatic N) is 5. The molecule has 0 amide bonds. The first-order valence-electron chi connectivity index (χ1n) is 6.34. The van der Waals surface area contributed by atoms with Crippen LogP contribution in [0, 0.1) is 0 Å². The van der Waals surface area contributed by atoms with Crippen molar-refractivity contribution in [1.29, 1.82) is 0 Å². The van der Waals surface area contributed by atoms with Gasteiger partial charge in [-0.15, -0.1) is 10.2 Å². The molecule has 2 heterocycles. The normalized spacial score (nSPS) is 13.0. The van der Waals surface area contributed by atoms with Crippen LogP contribution in [0.25, 0.3) is 0 Å². The van der Waals surface area contributed by atoms with Gasteiger partial charge >= 0.3 is 0 Å². The van der Waals surface area contributed by atoms with Crippen molar-refractivity contribution in [2.75, 3.05) is 11.9 Å². The van der Waals surface area contributed by atoms with Gasteiger partial charge < -0.3 is 5.32 Å². The largest absolute Gasteiger partial charge is 0.354 e. The Morgan fingerprint density at radius 2 is 2.05 bits per heavy atom. The highest BCUT2D eigenvalue weighted by molar-refractivity contribution is 7.89. The highest BCUT2D eigenvalue weighted by Gasteiger charge is 2.21. The van der Waals surface area contributed by atoms with Crippen molar-refractivity contribution in [2.24, 2.45) is 0 Å². The van der Waals surface area contributed by atoms with Crippen molar-refractivity contribution in [1.82, 2.24) is 35.3 Å². The molecule has 2 aromatic rings. The first kappa shape index (κ1) is 15.3. The van der Waals surface area contributed by atoms with Crippen molar-refractivity contribution in [3.05, 3.63) is 18.2 Å². The van der Waals surface area contributed by atoms with Crippen LogP contribution in [0.3, 0.4) is 0 Å². The van der Waals surface area contributed by atoms with Gasteiger partial charge in [-0.05, 0) is 13.3 Å². The zero-order valence-electron chi connectivity index (χ0n) is 11.6. The molecule has 0 saturated heterocycles. The van der Waals surface area contributed by atoms with E-state index >= 15 is 0 Å². The van der Waals surface area contributed by atoms with Crippen LogP contribution in [0.5, 0.6) is 0 Å². The van der Waals surface area contributed by atoms with E-state index in [-0.39, 0.29) is 10.7 Å². The Morgan fingerprint density at radius 1 is 1.33 bits per heavy atom. The van der Waals surface area contributed by atoms with Crippen LogP contribution in [0.15, 0.2) is 17.3 Å². The van der Waals surface area contributed by atoms with Gasteiger partial charge in [0.1, 0.15) is 4.90 Å². The average Bonchev–Trinajstić information content (AvgIpc) is 2.99. The fourth-order valence-electron chi connectivity index (χ4n) is 1.49. The monoisotopic (exact) mass is 312 g/mol. The lowest BCUT2D eigenvalue weighted by Gasteiger charge is -2.10. The quantitative estimate of drug-likeness (QED) is 0.641. The van der Waals surface area contributed by atoms with E-state index in [1.165, 1.54) is 12.4 Å². The Balaban J connectivity index is 2.08. The lowest BCUT2D eigenvalue weighted by molar-refractivity contribution is 0.559. The molecular weight excluding hydrogens is 296 g/mol. The number of anilines is 1. The van der Waals surface area contributed by atoms with E-state index in [1.807, 2.05) is 6.92 Å². The summed E-state index contributed by atoms with van der Waals surface area (Å²) in [6.07, 6.45) is 3.42. The number of hydrogen-bond acceptors (Lipinski definition) is 8. The van der Waals surface area contributed by atoms with Crippen LogP contribution < -0.4 is 10.0 Å². The molecule has 10 nitrogen and oxygen atoms in total. The molecule has 0 aliphatic carbocycles. The zero-order valence-corrected chi connectivity index (χ0v) is 12.4. The van der Waals surface area contributed by atoms with Crippen LogP contribution in [0.4, 0.5) is 5.95 Å². The maximum absolute atomic E-state index is 12.2. The number of rotatable bonds is 7. The van der Waals surface area contributed by atoms with Crippen molar-refractivity contribution in [3.63, 3.8) is 0 Å². The molecule has 0 spiro atoms. The van der Waals surface area contributed by atoms with E-state index in [9.17, 15) is 8.42 Å². The van der Waals surface area contributed by atoms with Crippen LogP contribution >= 0.6 is 0 Å². The van der Waals surface area contributed by atoms with Gasteiger partial charge in [-0.25, -0.2) is 23.1 Å². The van der Waals surface area contributed by atoms with E-state index in [0.717, 1.165) is 13.0 Å². The second kappa shape index (κ2) is 6.54. The maximum atomic E-state index is 12.2. The van der Waals surface area contributed by atoms with E-state index in [4.69, 9.17) is 0 Å². The van der Waals surface area contributed by atoms with Gasteiger partial charge in [-0.3, -0.25) is 0 Å². The van der Waals surface area contributed by atoms with Gasteiger partial charge in [0.25, 0.3) is 0 Å². The summed E-state index contributed by atoms with van der Waals surface area (Å²) < 4.78 is 26.8. The Labute approximate surface area is 121 Å². The first-order chi connectivity index (χ1) is 10.0. The second-order valence-corrected chi connectivity index (χ2v) is 6.00. The number of aromatic nitrogens is 6. The van der Waals surface area contributed by atoms with Gasteiger partial charge in [-0.1, -0.05) is 12.1 Å². The molecule has 0 radical (unpaired) electrons. The van der Waals surface area contributed by atoms with Crippen LogP contribution in [0.2, 0.25) is 0 Å². The fourth-order valence-corrected chi connectivity index (χ4v) is 2.58. The third kappa shape index (κ3) is 3.92. The summed E-state index contributed by atoms with van der Waals surface area (Å²) in [5, 5.41) is 16.1. The van der Waals surface area contributed by atoms with Crippen molar-refractivity contribution in [2.45, 2.75) is 31.2 Å². The molecule has 0 aliphatic heterocycles. The highest BCUT2D eigenvalue weighted by atomic mass is 32.2. The molecule has 3 N–H and O–H groups in total. The molecule has 21 heavy (non-hydrogen) atoms. The standard InChI is InChI=1S/C10H16N8O2S/c1-3-4-11-10-12-5-8(6-13-10)21(19,20)16-7(2)9-14-17-18-15-9/h5-7,16H,3-4H2,1-2H3,(H,11,12,13)(H,14,15,17,18). The van der Waals surface area contributed by atoms with Gasteiger partial charge in [0.2, 0.25) is 16.0 Å². The minimum absolute atomic E-state index is 0.0279. The molecular formula is C10H16N8O2S. The lowest BCUT2D eigenvalue weighted by Crippen LogP contribution is -2.28. The average molecular weight is 312 g/mol. The summed E-state index contributed by atoms with van der Waals surface area (Å²) in [6, 6.07) is -0.619. The van der Waals surface area contributed by atoms with E-state index in [1.54, 1.807) is 6.92 Å². The molecule has 0 fully saturated rings. The second-order valence-electron chi connectivity index (χ2n) is 4.28. The summed E-state index contributed by atoms with van der Waals surface area (Å²) in [5.74, 6) is 0.641. The number of aromatic amines is 1. The van der Waals surface area contributed by atoms with Gasteiger partial charge in [-0.2, -0.15) is 5.21 Å². The number of sulfonamides is 1.